The predicted molar refractivity (Wildman–Crippen MR) is 76.8 cm³/mol. The normalized spacial score (nSPS) is 10.7. The predicted octanol–water partition coefficient (Wildman–Crippen LogP) is 2.99. The summed E-state index contributed by atoms with van der Waals surface area (Å²) < 4.78 is 0. The zero-order chi connectivity index (χ0) is 14.3. The maximum atomic E-state index is 11.6. The highest BCUT2D eigenvalue weighted by Crippen LogP contribution is 2.19. The Morgan fingerprint density at radius 3 is 2.84 bits per heavy atom. The second-order valence-electron chi connectivity index (χ2n) is 4.03. The number of nitrogens with zero attached hydrogens (tertiary/aromatic N) is 1. The lowest BCUT2D eigenvalue weighted by atomic mass is 10.2. The highest BCUT2D eigenvalue weighted by molar-refractivity contribution is 6.30. The third-order valence-corrected chi connectivity index (χ3v) is 2.70. The number of anilines is 1. The molecule has 0 saturated heterocycles. The van der Waals surface area contributed by atoms with Gasteiger partial charge in [0.15, 0.2) is 0 Å². The number of carbonyl (C=O) groups excluding carboxylic acids is 1. The number of hydrogen-bond donors (Lipinski definition) is 2. The quantitative estimate of drug-likeness (QED) is 0.642. The van der Waals surface area contributed by atoms with Crippen LogP contribution in [0.3, 0.4) is 0 Å². The lowest BCUT2D eigenvalue weighted by Gasteiger charge is -2.07. The molecule has 1 aromatic rings. The number of aryl methyl sites for hydroxylation is 1. The molecule has 0 bridgehead atoms. The van der Waals surface area contributed by atoms with Crippen LogP contribution in [0, 0.1) is 18.3 Å². The summed E-state index contributed by atoms with van der Waals surface area (Å²) in [7, 11) is 0. The zero-order valence-electron chi connectivity index (χ0n) is 11.0. The SMILES string of the molecule is CCCNC(=O)/C(C#N)=C\Nc1ccc(Cl)cc1C. The van der Waals surface area contributed by atoms with Crippen molar-refractivity contribution in [2.75, 3.05) is 11.9 Å². The van der Waals surface area contributed by atoms with Crippen LogP contribution in [0.2, 0.25) is 5.02 Å². The van der Waals surface area contributed by atoms with Crippen LogP contribution in [0.4, 0.5) is 5.69 Å². The smallest absolute Gasteiger partial charge is 0.263 e. The van der Waals surface area contributed by atoms with E-state index in [0.29, 0.717) is 11.6 Å². The number of hydrogen-bond acceptors (Lipinski definition) is 3. The van der Waals surface area contributed by atoms with Crippen LogP contribution in [-0.4, -0.2) is 12.5 Å². The molecular formula is C14H16ClN3O. The Morgan fingerprint density at radius 1 is 1.53 bits per heavy atom. The topological polar surface area (TPSA) is 64.9 Å². The van der Waals surface area contributed by atoms with Gasteiger partial charge in [-0.3, -0.25) is 4.79 Å². The number of carbonyl (C=O) groups is 1. The minimum atomic E-state index is -0.372. The van der Waals surface area contributed by atoms with Crippen LogP contribution >= 0.6 is 11.6 Å². The van der Waals surface area contributed by atoms with E-state index in [2.05, 4.69) is 10.6 Å². The lowest BCUT2D eigenvalue weighted by molar-refractivity contribution is -0.117. The molecule has 19 heavy (non-hydrogen) atoms. The highest BCUT2D eigenvalue weighted by atomic mass is 35.5. The fraction of sp³-hybridized carbons (Fsp3) is 0.286. The molecule has 0 heterocycles. The van der Waals surface area contributed by atoms with Crippen LogP contribution in [0.25, 0.3) is 0 Å². The molecule has 1 rings (SSSR count). The molecular weight excluding hydrogens is 262 g/mol. The number of benzene rings is 1. The largest absolute Gasteiger partial charge is 0.360 e. The molecule has 100 valence electrons. The summed E-state index contributed by atoms with van der Waals surface area (Å²) in [5.74, 6) is -0.372. The minimum absolute atomic E-state index is 0.0443. The third-order valence-electron chi connectivity index (χ3n) is 2.46. The molecule has 0 aliphatic carbocycles. The van der Waals surface area contributed by atoms with E-state index in [0.717, 1.165) is 17.7 Å². The van der Waals surface area contributed by atoms with Crippen LogP contribution in [-0.2, 0) is 4.79 Å². The highest BCUT2D eigenvalue weighted by Gasteiger charge is 2.07. The average Bonchev–Trinajstić information content (AvgIpc) is 2.39. The Bertz CT molecular complexity index is 532. The molecule has 0 aromatic heterocycles. The number of rotatable bonds is 5. The van der Waals surface area contributed by atoms with Crippen molar-refractivity contribution in [3.63, 3.8) is 0 Å². The summed E-state index contributed by atoms with van der Waals surface area (Å²) >= 11 is 5.85. The molecule has 0 unspecified atom stereocenters. The van der Waals surface area contributed by atoms with E-state index < -0.39 is 0 Å². The second-order valence-corrected chi connectivity index (χ2v) is 4.47. The lowest BCUT2D eigenvalue weighted by Crippen LogP contribution is -2.25. The van der Waals surface area contributed by atoms with Crippen molar-refractivity contribution in [2.24, 2.45) is 0 Å². The van der Waals surface area contributed by atoms with Crippen LogP contribution in [0.15, 0.2) is 30.0 Å². The number of nitriles is 1. The first kappa shape index (κ1) is 15.1. The first-order chi connectivity index (χ1) is 9.08. The van der Waals surface area contributed by atoms with Gasteiger partial charge in [0, 0.05) is 23.5 Å². The molecule has 2 N–H and O–H groups in total. The molecule has 5 heteroatoms. The Morgan fingerprint density at radius 2 is 2.26 bits per heavy atom. The number of amides is 1. The van der Waals surface area contributed by atoms with Gasteiger partial charge in [-0.2, -0.15) is 5.26 Å². The summed E-state index contributed by atoms with van der Waals surface area (Å²) in [4.78, 5) is 11.6. The molecule has 1 aromatic carbocycles. The van der Waals surface area contributed by atoms with Gasteiger partial charge in [0.2, 0.25) is 0 Å². The van der Waals surface area contributed by atoms with Crippen molar-refractivity contribution < 1.29 is 4.79 Å². The summed E-state index contributed by atoms with van der Waals surface area (Å²) in [6, 6.07) is 7.22. The van der Waals surface area contributed by atoms with E-state index in [1.54, 1.807) is 18.2 Å². The van der Waals surface area contributed by atoms with Gasteiger partial charge >= 0.3 is 0 Å². The van der Waals surface area contributed by atoms with E-state index in [4.69, 9.17) is 16.9 Å². The zero-order valence-corrected chi connectivity index (χ0v) is 11.7. The molecule has 0 fully saturated rings. The van der Waals surface area contributed by atoms with Crippen molar-refractivity contribution in [3.05, 3.63) is 40.6 Å². The van der Waals surface area contributed by atoms with Crippen molar-refractivity contribution >= 4 is 23.2 Å². The van der Waals surface area contributed by atoms with Crippen molar-refractivity contribution in [2.45, 2.75) is 20.3 Å². The van der Waals surface area contributed by atoms with Gasteiger partial charge in [-0.25, -0.2) is 0 Å². The molecule has 4 nitrogen and oxygen atoms in total. The first-order valence-corrected chi connectivity index (χ1v) is 6.37. The Kier molecular flexibility index (Phi) is 5.91. The minimum Gasteiger partial charge on any atom is -0.360 e. The summed E-state index contributed by atoms with van der Waals surface area (Å²) in [6.07, 6.45) is 2.23. The van der Waals surface area contributed by atoms with Gasteiger partial charge in [-0.15, -0.1) is 0 Å². The van der Waals surface area contributed by atoms with E-state index in [1.807, 2.05) is 19.9 Å². The summed E-state index contributed by atoms with van der Waals surface area (Å²) in [5, 5.41) is 15.2. The molecule has 0 saturated carbocycles. The summed E-state index contributed by atoms with van der Waals surface area (Å²) in [6.45, 7) is 4.40. The van der Waals surface area contributed by atoms with Gasteiger partial charge in [0.05, 0.1) is 0 Å². The van der Waals surface area contributed by atoms with Crippen LogP contribution in [0.1, 0.15) is 18.9 Å². The Balaban J connectivity index is 2.77. The standard InChI is InChI=1S/C14H16ClN3O/c1-3-6-17-14(19)11(8-16)9-18-13-5-4-12(15)7-10(13)2/h4-5,7,9,18H,3,6H2,1-2H3,(H,17,19)/b11-9-. The number of nitrogens with one attached hydrogen (secondary N) is 2. The fourth-order valence-corrected chi connectivity index (χ4v) is 1.65. The van der Waals surface area contributed by atoms with Gasteiger partial charge in [-0.1, -0.05) is 18.5 Å². The van der Waals surface area contributed by atoms with Crippen LogP contribution < -0.4 is 10.6 Å². The number of halogens is 1. The molecule has 0 atom stereocenters. The maximum Gasteiger partial charge on any atom is 0.263 e. The van der Waals surface area contributed by atoms with Crippen molar-refractivity contribution in [3.8, 4) is 6.07 Å². The maximum absolute atomic E-state index is 11.6. The van der Waals surface area contributed by atoms with E-state index in [9.17, 15) is 4.79 Å². The van der Waals surface area contributed by atoms with Crippen LogP contribution in [0.5, 0.6) is 0 Å². The Hall–Kier alpha value is -1.99. The van der Waals surface area contributed by atoms with Gasteiger partial charge in [0.1, 0.15) is 11.6 Å². The fourth-order valence-electron chi connectivity index (χ4n) is 1.42. The van der Waals surface area contributed by atoms with E-state index >= 15 is 0 Å². The van der Waals surface area contributed by atoms with Crippen molar-refractivity contribution in [1.82, 2.24) is 5.32 Å². The van der Waals surface area contributed by atoms with Gasteiger partial charge in [-0.05, 0) is 37.1 Å². The molecule has 0 radical (unpaired) electrons. The molecule has 0 aliphatic rings. The first-order valence-electron chi connectivity index (χ1n) is 5.99. The monoisotopic (exact) mass is 277 g/mol. The van der Waals surface area contributed by atoms with E-state index in [-0.39, 0.29) is 11.5 Å². The third kappa shape index (κ3) is 4.65. The molecule has 1 amide bonds. The van der Waals surface area contributed by atoms with Gasteiger partial charge in [0.25, 0.3) is 5.91 Å². The van der Waals surface area contributed by atoms with E-state index in [1.165, 1.54) is 6.20 Å². The van der Waals surface area contributed by atoms with Crippen molar-refractivity contribution in [1.29, 1.82) is 5.26 Å². The average molecular weight is 278 g/mol. The molecule has 0 aliphatic heterocycles. The summed E-state index contributed by atoms with van der Waals surface area (Å²) in [5.41, 5.74) is 1.79. The van der Waals surface area contributed by atoms with Gasteiger partial charge < -0.3 is 10.6 Å². The molecule has 0 spiro atoms. The second kappa shape index (κ2) is 7.45. The Labute approximate surface area is 118 Å².